The average molecular weight is 327 g/mol. The van der Waals surface area contributed by atoms with Crippen LogP contribution >= 0.6 is 0 Å². The predicted molar refractivity (Wildman–Crippen MR) is 78.1 cm³/mol. The van der Waals surface area contributed by atoms with Crippen LogP contribution < -0.4 is 5.32 Å². The van der Waals surface area contributed by atoms with Gasteiger partial charge >= 0.3 is 6.18 Å². The number of hydrogen-bond acceptors (Lipinski definition) is 4. The molecule has 0 radical (unpaired) electrons. The normalized spacial score (nSPS) is 11.7. The van der Waals surface area contributed by atoms with Gasteiger partial charge in [0.1, 0.15) is 11.6 Å². The summed E-state index contributed by atoms with van der Waals surface area (Å²) in [6.45, 7) is 2.31. The highest BCUT2D eigenvalue weighted by Gasteiger charge is 2.30. The first-order valence-corrected chi connectivity index (χ1v) is 6.77. The Kier molecular flexibility index (Phi) is 6.60. The number of nitriles is 1. The second-order valence-electron chi connectivity index (χ2n) is 4.54. The third kappa shape index (κ3) is 5.64. The van der Waals surface area contributed by atoms with E-state index in [0.29, 0.717) is 6.54 Å². The molecule has 124 valence electrons. The van der Waals surface area contributed by atoms with Gasteiger partial charge in [0.15, 0.2) is 0 Å². The lowest BCUT2D eigenvalue weighted by Crippen LogP contribution is -2.23. The summed E-state index contributed by atoms with van der Waals surface area (Å²) in [5.74, 6) is -0.816. The molecule has 0 heterocycles. The van der Waals surface area contributed by atoms with Gasteiger partial charge in [-0.3, -0.25) is 4.79 Å². The van der Waals surface area contributed by atoms with Crippen LogP contribution in [0, 0.1) is 11.3 Å². The van der Waals surface area contributed by atoms with E-state index in [1.165, 1.54) is 12.3 Å². The molecule has 8 heteroatoms. The van der Waals surface area contributed by atoms with Crippen LogP contribution in [0.15, 0.2) is 36.0 Å². The zero-order valence-corrected chi connectivity index (χ0v) is 12.4. The summed E-state index contributed by atoms with van der Waals surface area (Å²) in [6, 6.07) is 5.83. The van der Waals surface area contributed by atoms with E-state index < -0.39 is 17.6 Å². The Morgan fingerprint density at radius 1 is 1.48 bits per heavy atom. The minimum Gasteiger partial charge on any atom is -0.395 e. The molecule has 1 aromatic carbocycles. The summed E-state index contributed by atoms with van der Waals surface area (Å²) < 4.78 is 37.9. The van der Waals surface area contributed by atoms with Crippen LogP contribution in [0.1, 0.15) is 12.5 Å². The number of benzene rings is 1. The first-order chi connectivity index (χ1) is 10.8. The van der Waals surface area contributed by atoms with E-state index in [1.54, 1.807) is 17.9 Å². The number of nitrogens with zero attached hydrogens (tertiary/aromatic N) is 2. The van der Waals surface area contributed by atoms with Gasteiger partial charge in [-0.05, 0) is 25.1 Å². The molecule has 0 aliphatic rings. The molecule has 23 heavy (non-hydrogen) atoms. The first-order valence-electron chi connectivity index (χ1n) is 6.77. The molecule has 0 aliphatic heterocycles. The lowest BCUT2D eigenvalue weighted by atomic mass is 10.2. The standard InChI is InChI=1S/C15H16F3N3O2/c1-2-21(6-7-22)10-11(9-19)14(23)20-13-5-3-4-12(8-13)15(16,17)18/h3-5,8,10,22H,2,6-7H2,1H3,(H,20,23)/b11-10-. The molecule has 0 spiro atoms. The Balaban J connectivity index is 2.93. The van der Waals surface area contributed by atoms with Gasteiger partial charge in [-0.1, -0.05) is 6.07 Å². The molecular weight excluding hydrogens is 311 g/mol. The number of aliphatic hydroxyl groups is 1. The lowest BCUT2D eigenvalue weighted by molar-refractivity contribution is -0.137. The summed E-state index contributed by atoms with van der Waals surface area (Å²) in [4.78, 5) is 13.5. The molecule has 0 fully saturated rings. The molecule has 0 bridgehead atoms. The van der Waals surface area contributed by atoms with E-state index in [1.807, 2.05) is 0 Å². The molecule has 1 amide bonds. The van der Waals surface area contributed by atoms with E-state index in [4.69, 9.17) is 10.4 Å². The number of hydrogen-bond donors (Lipinski definition) is 2. The summed E-state index contributed by atoms with van der Waals surface area (Å²) in [5, 5.41) is 20.2. The van der Waals surface area contributed by atoms with Crippen molar-refractivity contribution in [3.63, 3.8) is 0 Å². The van der Waals surface area contributed by atoms with E-state index in [9.17, 15) is 18.0 Å². The summed E-state index contributed by atoms with van der Waals surface area (Å²) in [6.07, 6.45) is -3.26. The van der Waals surface area contributed by atoms with Gasteiger partial charge in [-0.2, -0.15) is 18.4 Å². The Labute approximate surface area is 131 Å². The molecule has 0 unspecified atom stereocenters. The predicted octanol–water partition coefficient (Wildman–Crippen LogP) is 2.37. The van der Waals surface area contributed by atoms with Crippen molar-refractivity contribution in [2.45, 2.75) is 13.1 Å². The van der Waals surface area contributed by atoms with Gasteiger partial charge in [0.25, 0.3) is 5.91 Å². The molecule has 2 N–H and O–H groups in total. The maximum absolute atomic E-state index is 12.6. The van der Waals surface area contributed by atoms with Gasteiger partial charge < -0.3 is 15.3 Å². The SMILES string of the molecule is CCN(/C=C(/C#N)C(=O)Nc1cccc(C(F)(F)F)c1)CCO. The van der Waals surface area contributed by atoms with Crippen molar-refractivity contribution in [2.75, 3.05) is 25.0 Å². The largest absolute Gasteiger partial charge is 0.416 e. The number of nitrogens with one attached hydrogen (secondary N) is 1. The summed E-state index contributed by atoms with van der Waals surface area (Å²) in [5.41, 5.74) is -1.22. The third-order valence-electron chi connectivity index (χ3n) is 2.92. The van der Waals surface area contributed by atoms with Crippen molar-refractivity contribution in [1.82, 2.24) is 4.90 Å². The first kappa shape index (κ1) is 18.5. The van der Waals surface area contributed by atoms with E-state index in [0.717, 1.165) is 18.2 Å². The van der Waals surface area contributed by atoms with Crippen LogP contribution in [0.4, 0.5) is 18.9 Å². The second kappa shape index (κ2) is 8.19. The van der Waals surface area contributed by atoms with Gasteiger partial charge in [-0.25, -0.2) is 0 Å². The smallest absolute Gasteiger partial charge is 0.395 e. The van der Waals surface area contributed by atoms with Crippen LogP contribution in [0.5, 0.6) is 0 Å². The lowest BCUT2D eigenvalue weighted by Gasteiger charge is -2.17. The van der Waals surface area contributed by atoms with Crippen molar-refractivity contribution in [1.29, 1.82) is 5.26 Å². The Bertz CT molecular complexity index is 621. The number of alkyl halides is 3. The molecule has 1 aromatic rings. The highest BCUT2D eigenvalue weighted by molar-refractivity contribution is 6.06. The zero-order valence-electron chi connectivity index (χ0n) is 12.4. The van der Waals surface area contributed by atoms with Crippen molar-refractivity contribution in [3.8, 4) is 6.07 Å². The molecule has 0 aliphatic carbocycles. The van der Waals surface area contributed by atoms with Crippen molar-refractivity contribution in [3.05, 3.63) is 41.6 Å². The van der Waals surface area contributed by atoms with Crippen LogP contribution in [-0.2, 0) is 11.0 Å². The Hall–Kier alpha value is -2.53. The Morgan fingerprint density at radius 3 is 2.70 bits per heavy atom. The molecule has 0 aromatic heterocycles. The maximum atomic E-state index is 12.6. The van der Waals surface area contributed by atoms with Gasteiger partial charge in [0, 0.05) is 25.0 Å². The average Bonchev–Trinajstić information content (AvgIpc) is 2.50. The van der Waals surface area contributed by atoms with Crippen LogP contribution in [0.2, 0.25) is 0 Å². The van der Waals surface area contributed by atoms with E-state index in [2.05, 4.69) is 5.32 Å². The number of carbonyl (C=O) groups excluding carboxylic acids is 1. The summed E-state index contributed by atoms with van der Waals surface area (Å²) in [7, 11) is 0. The minimum absolute atomic E-state index is 0.0591. The number of aliphatic hydroxyl groups excluding tert-OH is 1. The topological polar surface area (TPSA) is 76.4 Å². The number of likely N-dealkylation sites (N-methyl/N-ethyl adjacent to an activating group) is 1. The monoisotopic (exact) mass is 327 g/mol. The highest BCUT2D eigenvalue weighted by atomic mass is 19.4. The molecule has 0 saturated carbocycles. The number of carbonyl (C=O) groups is 1. The fourth-order valence-electron chi connectivity index (χ4n) is 1.73. The molecule has 0 saturated heterocycles. The summed E-state index contributed by atoms with van der Waals surface area (Å²) >= 11 is 0. The molecule has 1 rings (SSSR count). The van der Waals surface area contributed by atoms with Gasteiger partial charge in [0.2, 0.25) is 0 Å². The van der Waals surface area contributed by atoms with Crippen LogP contribution in [-0.4, -0.2) is 35.6 Å². The number of anilines is 1. The number of amides is 1. The fourth-order valence-corrected chi connectivity index (χ4v) is 1.73. The van der Waals surface area contributed by atoms with Crippen LogP contribution in [0.25, 0.3) is 0 Å². The van der Waals surface area contributed by atoms with Crippen molar-refractivity contribution >= 4 is 11.6 Å². The second-order valence-corrected chi connectivity index (χ2v) is 4.54. The maximum Gasteiger partial charge on any atom is 0.416 e. The Morgan fingerprint density at radius 2 is 2.17 bits per heavy atom. The van der Waals surface area contributed by atoms with Gasteiger partial charge in [-0.15, -0.1) is 0 Å². The van der Waals surface area contributed by atoms with Crippen LogP contribution in [0.3, 0.4) is 0 Å². The quantitative estimate of drug-likeness (QED) is 0.621. The minimum atomic E-state index is -4.52. The van der Waals surface area contributed by atoms with E-state index >= 15 is 0 Å². The highest BCUT2D eigenvalue weighted by Crippen LogP contribution is 2.30. The fraction of sp³-hybridized carbons (Fsp3) is 0.333. The molecular formula is C15H16F3N3O2. The van der Waals surface area contributed by atoms with Crippen molar-refractivity contribution in [2.24, 2.45) is 0 Å². The van der Waals surface area contributed by atoms with E-state index in [-0.39, 0.29) is 24.4 Å². The molecule has 5 nitrogen and oxygen atoms in total. The van der Waals surface area contributed by atoms with Crippen molar-refractivity contribution < 1.29 is 23.1 Å². The molecule has 0 atom stereocenters. The number of halogens is 3. The third-order valence-corrected chi connectivity index (χ3v) is 2.92. The number of rotatable bonds is 6. The zero-order chi connectivity index (χ0) is 17.5. The van der Waals surface area contributed by atoms with Gasteiger partial charge in [0.05, 0.1) is 12.2 Å².